The van der Waals surface area contributed by atoms with Crippen molar-refractivity contribution in [2.45, 2.75) is 115 Å². The quantitative estimate of drug-likeness (QED) is 0.152. The average Bonchev–Trinajstić information content (AvgIpc) is 3.17. The standard InChI is InChI=1S/C21H30F2N2O7S.C20H26F2N2O4/c1-19(2,3)32-18(27)25-12-8-11-20(14-25,21(22,23)15-31-33(4,28)29)24-17(26)30-13-16-9-6-5-7-10-16;1-18(2,3)28-16(25)23-11-7-10-19(13-23)20(21,22)14-24(19)17(26)27-12-15-8-5-4-6-9-15/h5-7,9-10H,8,11-15H2,1-4H3,(H,24,26);4-6,8-9H,7,10-14H2,1-3H3. The van der Waals surface area contributed by atoms with Crippen LogP contribution in [0.25, 0.3) is 0 Å². The predicted octanol–water partition coefficient (Wildman–Crippen LogP) is 7.34. The first-order chi connectivity index (χ1) is 28.2. The summed E-state index contributed by atoms with van der Waals surface area (Å²) in [5.74, 6) is -6.94. The van der Waals surface area contributed by atoms with Gasteiger partial charge in [-0.3, -0.25) is 9.08 Å². The highest BCUT2D eigenvalue weighted by atomic mass is 32.2. The molecule has 2 atom stereocenters. The minimum absolute atomic E-state index is 0.00754. The third-order valence-electron chi connectivity index (χ3n) is 9.95. The molecule has 4 amide bonds. The van der Waals surface area contributed by atoms with E-state index in [9.17, 15) is 36.4 Å². The van der Waals surface area contributed by atoms with Crippen LogP contribution in [0, 0.1) is 0 Å². The molecule has 1 spiro atoms. The molecule has 3 heterocycles. The lowest BCUT2D eigenvalue weighted by Gasteiger charge is -2.59. The third-order valence-corrected chi connectivity index (χ3v) is 10.5. The zero-order chi connectivity index (χ0) is 45.5. The summed E-state index contributed by atoms with van der Waals surface area (Å²) in [7, 11) is -4.18. The van der Waals surface area contributed by atoms with Gasteiger partial charge in [0.1, 0.15) is 42.1 Å². The number of alkyl halides is 4. The van der Waals surface area contributed by atoms with Crippen LogP contribution in [-0.4, -0.2) is 127 Å². The molecule has 5 rings (SSSR count). The molecule has 2 aromatic rings. The molecule has 0 saturated carbocycles. The highest BCUT2D eigenvalue weighted by Gasteiger charge is 2.70. The molecule has 61 heavy (non-hydrogen) atoms. The van der Waals surface area contributed by atoms with Crippen molar-refractivity contribution in [2.24, 2.45) is 0 Å². The van der Waals surface area contributed by atoms with Gasteiger partial charge in [-0.2, -0.15) is 8.42 Å². The van der Waals surface area contributed by atoms with Gasteiger partial charge in [-0.1, -0.05) is 60.7 Å². The maximum absolute atomic E-state index is 15.4. The SMILES string of the molecule is CC(C)(C)OC(=O)N1CCCC(NC(=O)OCc2ccccc2)(C(F)(F)COS(C)(=O)=O)C1.CC(C)(C)OC(=O)N1CCCC2(C1)N(C(=O)OCc1ccccc1)CC2(F)F. The van der Waals surface area contributed by atoms with Crippen LogP contribution < -0.4 is 5.32 Å². The van der Waals surface area contributed by atoms with E-state index in [0.717, 1.165) is 15.4 Å². The van der Waals surface area contributed by atoms with Gasteiger partial charge in [0.2, 0.25) is 0 Å². The number of hydrogen-bond acceptors (Lipinski definition) is 11. The second-order valence-corrected chi connectivity index (χ2v) is 19.0. The summed E-state index contributed by atoms with van der Waals surface area (Å²) in [6, 6.07) is 17.7. The van der Waals surface area contributed by atoms with Crippen molar-refractivity contribution in [3.8, 4) is 0 Å². The molecule has 2 unspecified atom stereocenters. The molecule has 1 N–H and O–H groups in total. The monoisotopic (exact) mass is 888 g/mol. The molecule has 3 fully saturated rings. The van der Waals surface area contributed by atoms with E-state index in [1.165, 1.54) is 4.90 Å². The maximum Gasteiger partial charge on any atom is 0.411 e. The normalized spacial score (nSPS) is 21.6. The van der Waals surface area contributed by atoms with Gasteiger partial charge in [0.05, 0.1) is 25.9 Å². The molecule has 3 aliphatic heterocycles. The second-order valence-electron chi connectivity index (χ2n) is 17.3. The number of carbonyl (C=O) groups excluding carboxylic acids is 4. The number of alkyl carbamates (subject to hydrolysis) is 1. The van der Waals surface area contributed by atoms with E-state index < -0.39 is 88.3 Å². The van der Waals surface area contributed by atoms with Gasteiger partial charge in [0, 0.05) is 13.1 Å². The molecule has 15 nitrogen and oxygen atoms in total. The summed E-state index contributed by atoms with van der Waals surface area (Å²) in [4.78, 5) is 53.3. The Bertz CT molecular complexity index is 1950. The molecule has 3 saturated heterocycles. The molecule has 2 aromatic carbocycles. The van der Waals surface area contributed by atoms with E-state index in [1.54, 1.807) is 84.0 Å². The van der Waals surface area contributed by atoms with Crippen LogP contribution in [0.4, 0.5) is 36.7 Å². The summed E-state index contributed by atoms with van der Waals surface area (Å²) in [5.41, 5.74) is -4.24. The lowest BCUT2D eigenvalue weighted by Crippen LogP contribution is -2.81. The van der Waals surface area contributed by atoms with Crippen LogP contribution in [-0.2, 0) is 46.5 Å². The number of carbonyl (C=O) groups is 4. The Morgan fingerprint density at radius 2 is 1.18 bits per heavy atom. The number of benzene rings is 2. The number of nitrogens with one attached hydrogen (secondary N) is 1. The fraction of sp³-hybridized carbons (Fsp3) is 0.610. The zero-order valence-electron chi connectivity index (χ0n) is 35.5. The number of ether oxygens (including phenoxy) is 4. The smallest absolute Gasteiger partial charge is 0.411 e. The zero-order valence-corrected chi connectivity index (χ0v) is 36.3. The number of piperidine rings is 2. The van der Waals surface area contributed by atoms with Crippen LogP contribution in [0.3, 0.4) is 0 Å². The van der Waals surface area contributed by atoms with Gasteiger partial charge < -0.3 is 34.1 Å². The molecule has 0 radical (unpaired) electrons. The summed E-state index contributed by atoms with van der Waals surface area (Å²) >= 11 is 0. The minimum atomic E-state index is -4.18. The Morgan fingerprint density at radius 3 is 1.66 bits per heavy atom. The summed E-state index contributed by atoms with van der Waals surface area (Å²) in [6.07, 6.45) is -2.43. The lowest BCUT2D eigenvalue weighted by molar-refractivity contribution is -0.245. The molecule has 3 aliphatic rings. The van der Waals surface area contributed by atoms with E-state index in [2.05, 4.69) is 9.50 Å². The van der Waals surface area contributed by atoms with Crippen LogP contribution in [0.2, 0.25) is 0 Å². The van der Waals surface area contributed by atoms with Crippen LogP contribution in [0.15, 0.2) is 60.7 Å². The van der Waals surface area contributed by atoms with E-state index >= 15 is 8.78 Å². The van der Waals surface area contributed by atoms with E-state index in [1.807, 2.05) is 18.2 Å². The Balaban J connectivity index is 0.000000272. The van der Waals surface area contributed by atoms with Crippen LogP contribution in [0.1, 0.15) is 78.4 Å². The summed E-state index contributed by atoms with van der Waals surface area (Å²) in [6.45, 7) is 7.24. The summed E-state index contributed by atoms with van der Waals surface area (Å²) in [5, 5.41) is 2.19. The fourth-order valence-electron chi connectivity index (χ4n) is 6.98. The molecule has 0 aromatic heterocycles. The number of nitrogens with zero attached hydrogens (tertiary/aromatic N) is 3. The number of hydrogen-bond donors (Lipinski definition) is 1. The van der Waals surface area contributed by atoms with E-state index in [0.29, 0.717) is 24.8 Å². The largest absolute Gasteiger partial charge is 0.445 e. The van der Waals surface area contributed by atoms with Crippen molar-refractivity contribution in [1.29, 1.82) is 0 Å². The topological polar surface area (TPSA) is 170 Å². The first-order valence-corrected chi connectivity index (χ1v) is 21.5. The highest BCUT2D eigenvalue weighted by molar-refractivity contribution is 7.86. The Kier molecular flexibility index (Phi) is 15.2. The Hall–Kier alpha value is -4.85. The fourth-order valence-corrected chi connectivity index (χ4v) is 7.34. The van der Waals surface area contributed by atoms with Crippen molar-refractivity contribution < 1.29 is 68.3 Å². The van der Waals surface area contributed by atoms with Crippen molar-refractivity contribution in [1.82, 2.24) is 20.0 Å². The average molecular weight is 889 g/mol. The van der Waals surface area contributed by atoms with Crippen molar-refractivity contribution in [3.05, 3.63) is 71.8 Å². The van der Waals surface area contributed by atoms with Gasteiger partial charge in [-0.05, 0) is 78.4 Å². The molecular weight excluding hydrogens is 833 g/mol. The minimum Gasteiger partial charge on any atom is -0.445 e. The molecule has 0 bridgehead atoms. The van der Waals surface area contributed by atoms with Crippen molar-refractivity contribution >= 4 is 34.5 Å². The Labute approximate surface area is 354 Å². The third kappa shape index (κ3) is 13.3. The molecule has 340 valence electrons. The number of halogens is 4. The van der Waals surface area contributed by atoms with E-state index in [4.69, 9.17) is 18.9 Å². The number of amides is 4. The molecule has 0 aliphatic carbocycles. The highest BCUT2D eigenvalue weighted by Crippen LogP contribution is 2.50. The number of likely N-dealkylation sites (tertiary alicyclic amines) is 3. The predicted molar refractivity (Wildman–Crippen MR) is 213 cm³/mol. The van der Waals surface area contributed by atoms with Gasteiger partial charge >= 0.3 is 24.4 Å². The lowest BCUT2D eigenvalue weighted by atomic mass is 9.74. The van der Waals surface area contributed by atoms with Crippen LogP contribution >= 0.6 is 0 Å². The van der Waals surface area contributed by atoms with Gasteiger partial charge in [0.25, 0.3) is 22.0 Å². The Morgan fingerprint density at radius 1 is 0.705 bits per heavy atom. The number of rotatable bonds is 9. The first kappa shape index (κ1) is 48.8. The summed E-state index contributed by atoms with van der Waals surface area (Å²) < 4.78 is 108. The molecule has 20 heteroatoms. The first-order valence-electron chi connectivity index (χ1n) is 19.7. The van der Waals surface area contributed by atoms with Gasteiger partial charge in [-0.15, -0.1) is 0 Å². The molecular formula is C41H56F4N4O11S. The van der Waals surface area contributed by atoms with Gasteiger partial charge in [-0.25, -0.2) is 36.7 Å². The maximum atomic E-state index is 15.4. The van der Waals surface area contributed by atoms with E-state index in [-0.39, 0.29) is 45.6 Å². The second kappa shape index (κ2) is 19.0. The van der Waals surface area contributed by atoms with Crippen LogP contribution in [0.5, 0.6) is 0 Å². The van der Waals surface area contributed by atoms with Crippen molar-refractivity contribution in [3.63, 3.8) is 0 Å². The van der Waals surface area contributed by atoms with Gasteiger partial charge in [0.15, 0.2) is 0 Å². The van der Waals surface area contributed by atoms with Crippen molar-refractivity contribution in [2.75, 3.05) is 45.6 Å².